The second-order valence-electron chi connectivity index (χ2n) is 12.0. The maximum atomic E-state index is 13.3. The molecule has 4 atom stereocenters. The summed E-state index contributed by atoms with van der Waals surface area (Å²) < 4.78 is 10.9. The van der Waals surface area contributed by atoms with E-state index >= 15 is 0 Å². The molecule has 0 radical (unpaired) electrons. The summed E-state index contributed by atoms with van der Waals surface area (Å²) >= 11 is 0. The lowest BCUT2D eigenvalue weighted by Gasteiger charge is -2.57. The van der Waals surface area contributed by atoms with Crippen molar-refractivity contribution in [2.75, 3.05) is 33.5 Å². The number of phenols is 1. The van der Waals surface area contributed by atoms with Crippen LogP contribution >= 0.6 is 0 Å². The molecule has 4 aliphatic rings. The molecule has 2 aliphatic carbocycles. The molecule has 7 heteroatoms. The molecule has 2 bridgehead atoms. The molecule has 3 N–H and O–H groups in total. The number of aliphatic hydroxyl groups is 1. The average molecular weight is 553 g/mol. The van der Waals surface area contributed by atoms with Gasteiger partial charge in [0.15, 0.2) is 11.5 Å². The number of ether oxygens (including phenoxy) is 2. The van der Waals surface area contributed by atoms with E-state index in [0.717, 1.165) is 65.1 Å². The molecule has 3 aromatic carbocycles. The zero-order valence-corrected chi connectivity index (χ0v) is 23.3. The number of carbonyl (C=O) groups is 1. The van der Waals surface area contributed by atoms with Crippen molar-refractivity contribution >= 4 is 5.91 Å². The Kier molecular flexibility index (Phi) is 6.51. The highest BCUT2D eigenvalue weighted by Crippen LogP contribution is 2.57. The number of nitrogens with one attached hydrogen (secondary N) is 1. The van der Waals surface area contributed by atoms with Crippen LogP contribution in [0.25, 0.3) is 11.1 Å². The van der Waals surface area contributed by atoms with Gasteiger partial charge in [0.05, 0.1) is 5.56 Å². The smallest absolute Gasteiger partial charge is 0.255 e. The molecule has 0 aromatic heterocycles. The third-order valence-corrected chi connectivity index (χ3v) is 9.78. The van der Waals surface area contributed by atoms with Crippen LogP contribution in [0.3, 0.4) is 0 Å². The van der Waals surface area contributed by atoms with Crippen molar-refractivity contribution in [3.05, 3.63) is 89.0 Å². The molecule has 1 fully saturated rings. The minimum atomic E-state index is -0.257. The summed E-state index contributed by atoms with van der Waals surface area (Å²) in [5, 5.41) is 24.6. The van der Waals surface area contributed by atoms with Gasteiger partial charge in [0.1, 0.15) is 5.75 Å². The van der Waals surface area contributed by atoms with Crippen LogP contribution in [0, 0.1) is 11.8 Å². The molecule has 0 saturated carbocycles. The van der Waals surface area contributed by atoms with Crippen molar-refractivity contribution in [1.29, 1.82) is 0 Å². The van der Waals surface area contributed by atoms with Crippen molar-refractivity contribution in [2.24, 2.45) is 11.8 Å². The van der Waals surface area contributed by atoms with E-state index in [2.05, 4.69) is 53.7 Å². The molecule has 7 rings (SSSR count). The molecule has 2 unspecified atom stereocenters. The third-order valence-electron chi connectivity index (χ3n) is 9.78. The summed E-state index contributed by atoms with van der Waals surface area (Å²) in [7, 11) is 2.18. The molecule has 7 nitrogen and oxygen atoms in total. The minimum absolute atomic E-state index is 0.0644. The molecular weight excluding hydrogens is 516 g/mol. The lowest BCUT2D eigenvalue weighted by molar-refractivity contribution is 0.0311. The van der Waals surface area contributed by atoms with Gasteiger partial charge < -0.3 is 29.9 Å². The number of nitrogens with zero attached hydrogens (tertiary/aromatic N) is 1. The number of amides is 1. The summed E-state index contributed by atoms with van der Waals surface area (Å²) in [6.07, 6.45) is 7.64. The maximum Gasteiger partial charge on any atom is 0.255 e. The Morgan fingerprint density at radius 3 is 2.68 bits per heavy atom. The van der Waals surface area contributed by atoms with Crippen LogP contribution in [-0.2, 0) is 18.3 Å². The van der Waals surface area contributed by atoms with E-state index in [1.807, 2.05) is 24.3 Å². The zero-order chi connectivity index (χ0) is 28.1. The fourth-order valence-corrected chi connectivity index (χ4v) is 7.64. The Balaban J connectivity index is 1.06. The van der Waals surface area contributed by atoms with Crippen LogP contribution < -0.4 is 14.8 Å². The van der Waals surface area contributed by atoms with Gasteiger partial charge >= 0.3 is 0 Å². The summed E-state index contributed by atoms with van der Waals surface area (Å²) in [6, 6.07) is 18.4. The second-order valence-corrected chi connectivity index (χ2v) is 12.0. The number of aromatic hydroxyl groups is 1. The van der Waals surface area contributed by atoms with E-state index in [1.54, 1.807) is 6.07 Å². The van der Waals surface area contributed by atoms with Gasteiger partial charge in [0.25, 0.3) is 5.91 Å². The Morgan fingerprint density at radius 1 is 1.05 bits per heavy atom. The standard InChI is InChI=1S/C34H36N2O5/c1-36-15-13-34-18-22(19-37)4-10-27(34)28(36)16-25-7-9-26(32(38)31(25)34)33(39)35-14-12-21-2-5-23(6-3-21)24-8-11-29-30(17-24)41-20-40-29/h2-11,17,22,27-28,37-38H,12-16,18-20H2,1H3,(H,35,39)/t22?,27-,28+,34?/m0/s1. The number of phenolic OH excluding ortho intramolecular Hbond substituents is 1. The maximum absolute atomic E-state index is 13.3. The van der Waals surface area contributed by atoms with Crippen LogP contribution in [0.1, 0.15) is 39.9 Å². The number of benzene rings is 3. The van der Waals surface area contributed by atoms with Crippen LogP contribution in [0.5, 0.6) is 17.2 Å². The van der Waals surface area contributed by atoms with Gasteiger partial charge in [-0.15, -0.1) is 0 Å². The van der Waals surface area contributed by atoms with Crippen LogP contribution in [-0.4, -0.2) is 60.6 Å². The fraction of sp³-hybridized carbons (Fsp3) is 0.382. The fourth-order valence-electron chi connectivity index (χ4n) is 7.64. The van der Waals surface area contributed by atoms with Gasteiger partial charge in [-0.2, -0.15) is 0 Å². The molecule has 1 saturated heterocycles. The molecule has 1 amide bonds. The van der Waals surface area contributed by atoms with Gasteiger partial charge in [-0.05, 0) is 79.7 Å². The van der Waals surface area contributed by atoms with Gasteiger partial charge in [-0.1, -0.05) is 48.6 Å². The second kappa shape index (κ2) is 10.2. The predicted molar refractivity (Wildman–Crippen MR) is 156 cm³/mol. The summed E-state index contributed by atoms with van der Waals surface area (Å²) in [5.74, 6) is 1.73. The predicted octanol–water partition coefficient (Wildman–Crippen LogP) is 4.44. The van der Waals surface area contributed by atoms with E-state index in [0.29, 0.717) is 24.6 Å². The van der Waals surface area contributed by atoms with E-state index in [9.17, 15) is 15.0 Å². The molecule has 41 heavy (non-hydrogen) atoms. The topological polar surface area (TPSA) is 91.3 Å². The average Bonchev–Trinajstić information content (AvgIpc) is 3.47. The number of hydrogen-bond donors (Lipinski definition) is 3. The first-order chi connectivity index (χ1) is 20.0. The number of likely N-dealkylation sites (tertiary alicyclic amines) is 1. The first kappa shape index (κ1) is 26.1. The quantitative estimate of drug-likeness (QED) is 0.392. The first-order valence-electron chi connectivity index (χ1n) is 14.6. The Morgan fingerprint density at radius 2 is 1.85 bits per heavy atom. The minimum Gasteiger partial charge on any atom is -0.507 e. The first-order valence-corrected chi connectivity index (χ1v) is 14.6. The highest BCUT2D eigenvalue weighted by molar-refractivity contribution is 5.97. The number of fused-ring (bicyclic) bond motifs is 2. The Labute approximate surface area is 240 Å². The van der Waals surface area contributed by atoms with E-state index in [1.165, 1.54) is 0 Å². The zero-order valence-electron chi connectivity index (χ0n) is 23.3. The summed E-state index contributed by atoms with van der Waals surface area (Å²) in [5.41, 5.74) is 5.41. The highest BCUT2D eigenvalue weighted by atomic mass is 16.7. The number of carbonyl (C=O) groups excluding carboxylic acids is 1. The summed E-state index contributed by atoms with van der Waals surface area (Å²) in [6.45, 7) is 1.76. The normalized spacial score (nSPS) is 25.9. The van der Waals surface area contributed by atoms with Crippen molar-refractivity contribution in [1.82, 2.24) is 10.2 Å². The van der Waals surface area contributed by atoms with E-state index in [4.69, 9.17) is 9.47 Å². The van der Waals surface area contributed by atoms with Crippen LogP contribution in [0.15, 0.2) is 66.7 Å². The Bertz CT molecular complexity index is 1520. The molecular formula is C34H36N2O5. The van der Waals surface area contributed by atoms with Gasteiger partial charge in [-0.3, -0.25) is 4.79 Å². The monoisotopic (exact) mass is 552 g/mol. The number of aliphatic hydroxyl groups excluding tert-OH is 1. The lowest BCUT2D eigenvalue weighted by Crippen LogP contribution is -2.59. The molecule has 212 valence electrons. The number of hydrogen-bond acceptors (Lipinski definition) is 6. The summed E-state index contributed by atoms with van der Waals surface area (Å²) in [4.78, 5) is 15.7. The van der Waals surface area contributed by atoms with Crippen molar-refractivity contribution in [2.45, 2.75) is 37.1 Å². The molecule has 3 aromatic rings. The van der Waals surface area contributed by atoms with E-state index in [-0.39, 0.29) is 42.3 Å². The third kappa shape index (κ3) is 4.39. The number of piperidine rings is 1. The van der Waals surface area contributed by atoms with Gasteiger partial charge in [0, 0.05) is 42.0 Å². The van der Waals surface area contributed by atoms with Crippen molar-refractivity contribution in [3.63, 3.8) is 0 Å². The molecule has 2 heterocycles. The van der Waals surface area contributed by atoms with Crippen molar-refractivity contribution in [3.8, 4) is 28.4 Å². The largest absolute Gasteiger partial charge is 0.507 e. The van der Waals surface area contributed by atoms with Crippen molar-refractivity contribution < 1.29 is 24.5 Å². The number of likely N-dealkylation sites (N-methyl/N-ethyl adjacent to an activating group) is 1. The highest BCUT2D eigenvalue weighted by Gasteiger charge is 2.54. The van der Waals surface area contributed by atoms with Crippen LogP contribution in [0.4, 0.5) is 0 Å². The van der Waals surface area contributed by atoms with Crippen LogP contribution in [0.2, 0.25) is 0 Å². The lowest BCUT2D eigenvalue weighted by atomic mass is 9.52. The SMILES string of the molecule is CN1CCC23CC(CO)C=C[C@H]2[C@H]1Cc1ccc(C(=O)NCCc2ccc(-c4ccc5c(c4)OCO5)cc2)c(O)c13. The number of rotatable bonds is 6. The van der Waals surface area contributed by atoms with E-state index < -0.39 is 0 Å². The van der Waals surface area contributed by atoms with Gasteiger partial charge in [0.2, 0.25) is 6.79 Å². The molecule has 2 aliphatic heterocycles. The molecule has 0 spiro atoms. The van der Waals surface area contributed by atoms with Gasteiger partial charge in [-0.25, -0.2) is 0 Å². The Hall–Kier alpha value is -3.81.